The van der Waals surface area contributed by atoms with E-state index in [9.17, 15) is 14.4 Å². The molecule has 0 aliphatic carbocycles. The molecule has 1 N–H and O–H groups in total. The van der Waals surface area contributed by atoms with E-state index >= 15 is 0 Å². The van der Waals surface area contributed by atoms with Crippen molar-refractivity contribution in [3.63, 3.8) is 0 Å². The van der Waals surface area contributed by atoms with Gasteiger partial charge in [-0.2, -0.15) is 0 Å². The second-order valence-electron chi connectivity index (χ2n) is 5.01. The Labute approximate surface area is 143 Å². The topological polar surface area (TPSA) is 81.7 Å². The van der Waals surface area contributed by atoms with Gasteiger partial charge in [0.1, 0.15) is 6.04 Å². The summed E-state index contributed by atoms with van der Waals surface area (Å²) in [6.45, 7) is 3.26. The number of esters is 2. The fraction of sp³-hybridized carbons (Fsp3) is 0.438. The van der Waals surface area contributed by atoms with Crippen molar-refractivity contribution in [2.24, 2.45) is 5.92 Å². The molecule has 23 heavy (non-hydrogen) atoms. The molecule has 1 aromatic carbocycles. The fourth-order valence-electron chi connectivity index (χ4n) is 1.85. The van der Waals surface area contributed by atoms with Crippen molar-refractivity contribution in [3.05, 3.63) is 34.3 Å². The molecule has 0 saturated carbocycles. The number of carbonyl (C=O) groups excluding carboxylic acids is 3. The molecular formula is C16H20BrNO5. The van der Waals surface area contributed by atoms with E-state index < -0.39 is 30.5 Å². The van der Waals surface area contributed by atoms with Crippen molar-refractivity contribution in [3.8, 4) is 0 Å². The number of methoxy groups -OCH3 is 1. The van der Waals surface area contributed by atoms with Gasteiger partial charge in [0.15, 0.2) is 6.61 Å². The number of amides is 1. The molecule has 0 heterocycles. The van der Waals surface area contributed by atoms with E-state index in [1.54, 1.807) is 24.3 Å². The highest BCUT2D eigenvalue weighted by Gasteiger charge is 2.27. The van der Waals surface area contributed by atoms with Crippen LogP contribution in [0.25, 0.3) is 0 Å². The van der Waals surface area contributed by atoms with E-state index in [1.807, 2.05) is 13.8 Å². The zero-order valence-corrected chi connectivity index (χ0v) is 14.9. The van der Waals surface area contributed by atoms with E-state index in [0.717, 1.165) is 0 Å². The van der Waals surface area contributed by atoms with Gasteiger partial charge in [-0.15, -0.1) is 0 Å². The van der Waals surface area contributed by atoms with Crippen molar-refractivity contribution in [2.45, 2.75) is 26.3 Å². The lowest BCUT2D eigenvalue weighted by atomic mass is 9.99. The van der Waals surface area contributed by atoms with Crippen LogP contribution in [0, 0.1) is 5.92 Å². The summed E-state index contributed by atoms with van der Waals surface area (Å²) in [5.41, 5.74) is 0.326. The van der Waals surface area contributed by atoms with Gasteiger partial charge in [0, 0.05) is 4.47 Å². The normalized spacial score (nSPS) is 12.9. The number of halogens is 1. The Kier molecular flexibility index (Phi) is 7.74. The maximum Gasteiger partial charge on any atom is 0.339 e. The third kappa shape index (κ3) is 5.67. The Morgan fingerprint density at radius 1 is 1.26 bits per heavy atom. The van der Waals surface area contributed by atoms with Gasteiger partial charge in [0.05, 0.1) is 12.7 Å². The molecule has 2 atom stereocenters. The Balaban J connectivity index is 2.60. The third-order valence-electron chi connectivity index (χ3n) is 3.41. The lowest BCUT2D eigenvalue weighted by molar-refractivity contribution is -0.147. The van der Waals surface area contributed by atoms with E-state index in [2.05, 4.69) is 26.0 Å². The molecule has 1 aromatic rings. The molecule has 0 saturated heterocycles. The summed E-state index contributed by atoms with van der Waals surface area (Å²) < 4.78 is 10.2. The van der Waals surface area contributed by atoms with Gasteiger partial charge in [-0.25, -0.2) is 9.59 Å². The van der Waals surface area contributed by atoms with Gasteiger partial charge < -0.3 is 14.8 Å². The lowest BCUT2D eigenvalue weighted by Crippen LogP contribution is -2.47. The first-order valence-corrected chi connectivity index (χ1v) is 7.98. The van der Waals surface area contributed by atoms with Gasteiger partial charge in [0.25, 0.3) is 5.91 Å². The first-order chi connectivity index (χ1) is 10.9. The highest BCUT2D eigenvalue weighted by Crippen LogP contribution is 2.16. The summed E-state index contributed by atoms with van der Waals surface area (Å²) in [6, 6.07) is 5.98. The molecule has 0 radical (unpaired) electrons. The van der Waals surface area contributed by atoms with E-state index in [0.29, 0.717) is 16.5 Å². The van der Waals surface area contributed by atoms with E-state index in [1.165, 1.54) is 7.11 Å². The maximum atomic E-state index is 11.9. The quantitative estimate of drug-likeness (QED) is 0.728. The summed E-state index contributed by atoms with van der Waals surface area (Å²) in [5, 5.41) is 2.54. The number of benzene rings is 1. The SMILES string of the molecule is CC[C@@H](C)[C@H](NC(=O)COC(=O)c1ccccc1Br)C(=O)OC. The third-order valence-corrected chi connectivity index (χ3v) is 4.10. The molecule has 0 bridgehead atoms. The zero-order valence-electron chi connectivity index (χ0n) is 13.3. The average molecular weight is 386 g/mol. The van der Waals surface area contributed by atoms with Crippen LogP contribution in [0.3, 0.4) is 0 Å². The Hall–Kier alpha value is -1.89. The van der Waals surface area contributed by atoms with E-state index in [-0.39, 0.29) is 5.92 Å². The molecule has 1 amide bonds. The van der Waals surface area contributed by atoms with Gasteiger partial charge in [-0.05, 0) is 34.0 Å². The predicted octanol–water partition coefficient (Wildman–Crippen LogP) is 2.31. The minimum absolute atomic E-state index is 0.0923. The molecule has 0 spiro atoms. The summed E-state index contributed by atoms with van der Waals surface area (Å²) >= 11 is 3.24. The van der Waals surface area contributed by atoms with Crippen LogP contribution in [0.4, 0.5) is 0 Å². The number of hydrogen-bond acceptors (Lipinski definition) is 5. The van der Waals surface area contributed by atoms with Crippen molar-refractivity contribution in [2.75, 3.05) is 13.7 Å². The predicted molar refractivity (Wildman–Crippen MR) is 87.8 cm³/mol. The summed E-state index contributed by atoms with van der Waals surface area (Å²) in [6.07, 6.45) is 0.691. The number of ether oxygens (including phenoxy) is 2. The summed E-state index contributed by atoms with van der Waals surface area (Å²) in [4.78, 5) is 35.5. The van der Waals surface area contributed by atoms with E-state index in [4.69, 9.17) is 4.74 Å². The molecule has 6 nitrogen and oxygen atoms in total. The fourth-order valence-corrected chi connectivity index (χ4v) is 2.29. The second kappa shape index (κ2) is 9.29. The molecular weight excluding hydrogens is 366 g/mol. The van der Waals surface area contributed by atoms with Crippen LogP contribution >= 0.6 is 15.9 Å². The van der Waals surface area contributed by atoms with Crippen LogP contribution in [-0.4, -0.2) is 37.6 Å². The van der Waals surface area contributed by atoms with Crippen LogP contribution in [0.1, 0.15) is 30.6 Å². The first kappa shape index (κ1) is 19.2. The smallest absolute Gasteiger partial charge is 0.339 e. The van der Waals surface area contributed by atoms with Crippen molar-refractivity contribution < 1.29 is 23.9 Å². The van der Waals surface area contributed by atoms with Crippen LogP contribution in [-0.2, 0) is 19.1 Å². The molecule has 126 valence electrons. The van der Waals surface area contributed by atoms with Crippen molar-refractivity contribution >= 4 is 33.8 Å². The minimum Gasteiger partial charge on any atom is -0.467 e. The van der Waals surface area contributed by atoms with Crippen LogP contribution in [0.2, 0.25) is 0 Å². The zero-order chi connectivity index (χ0) is 17.4. The first-order valence-electron chi connectivity index (χ1n) is 7.19. The van der Waals surface area contributed by atoms with Crippen LogP contribution in [0.5, 0.6) is 0 Å². The van der Waals surface area contributed by atoms with Crippen molar-refractivity contribution in [1.29, 1.82) is 0 Å². The summed E-state index contributed by atoms with van der Waals surface area (Å²) in [7, 11) is 1.26. The largest absolute Gasteiger partial charge is 0.467 e. The highest BCUT2D eigenvalue weighted by molar-refractivity contribution is 9.10. The minimum atomic E-state index is -0.764. The van der Waals surface area contributed by atoms with Crippen molar-refractivity contribution in [1.82, 2.24) is 5.32 Å². The number of carbonyl (C=O) groups is 3. The summed E-state index contributed by atoms with van der Waals surface area (Å²) in [5.74, 6) is -1.79. The second-order valence-corrected chi connectivity index (χ2v) is 5.86. The molecule has 0 unspecified atom stereocenters. The molecule has 7 heteroatoms. The lowest BCUT2D eigenvalue weighted by Gasteiger charge is -2.21. The van der Waals surface area contributed by atoms with Gasteiger partial charge >= 0.3 is 11.9 Å². The standard InChI is InChI=1S/C16H20BrNO5/c1-4-10(2)14(16(21)22-3)18-13(19)9-23-15(20)11-7-5-6-8-12(11)17/h5-8,10,14H,4,9H2,1-3H3,(H,18,19)/t10-,14+/m1/s1. The Morgan fingerprint density at radius 2 is 1.91 bits per heavy atom. The average Bonchev–Trinajstić information content (AvgIpc) is 2.56. The number of nitrogens with one attached hydrogen (secondary N) is 1. The molecule has 1 rings (SSSR count). The van der Waals surface area contributed by atoms with Crippen LogP contribution < -0.4 is 5.32 Å². The molecule has 0 aromatic heterocycles. The monoisotopic (exact) mass is 385 g/mol. The Bertz CT molecular complexity index is 575. The van der Waals surface area contributed by atoms with Crippen LogP contribution in [0.15, 0.2) is 28.7 Å². The molecule has 0 fully saturated rings. The van der Waals surface area contributed by atoms with Gasteiger partial charge in [-0.3, -0.25) is 4.79 Å². The molecule has 0 aliphatic heterocycles. The molecule has 0 aliphatic rings. The number of rotatable bonds is 7. The number of hydrogen-bond donors (Lipinski definition) is 1. The maximum absolute atomic E-state index is 11.9. The van der Waals surface area contributed by atoms with Gasteiger partial charge in [0.2, 0.25) is 0 Å². The highest BCUT2D eigenvalue weighted by atomic mass is 79.9. The Morgan fingerprint density at radius 3 is 2.48 bits per heavy atom. The van der Waals surface area contributed by atoms with Gasteiger partial charge in [-0.1, -0.05) is 32.4 Å².